The number of amides is 2. The van der Waals surface area contributed by atoms with E-state index >= 15 is 0 Å². The zero-order valence-corrected chi connectivity index (χ0v) is 10.5. The van der Waals surface area contributed by atoms with Crippen LogP contribution in [0.4, 0.5) is 10.5 Å². The third-order valence-corrected chi connectivity index (χ3v) is 2.47. The molecule has 0 aliphatic rings. The third-order valence-electron chi connectivity index (χ3n) is 1.75. The summed E-state index contributed by atoms with van der Waals surface area (Å²) in [5.74, 6) is 0. The minimum absolute atomic E-state index is 0.0693. The second-order valence-electron chi connectivity index (χ2n) is 3.19. The summed E-state index contributed by atoms with van der Waals surface area (Å²) in [6.45, 7) is 1.66. The largest absolute Gasteiger partial charge is 0.394 e. The van der Waals surface area contributed by atoms with Crippen molar-refractivity contribution in [2.24, 2.45) is 0 Å². The van der Waals surface area contributed by atoms with Gasteiger partial charge < -0.3 is 15.7 Å². The molecule has 0 fully saturated rings. The SMILES string of the molecule is C[C@H](CO)NC(=O)Nc1ccc(I)cc1. The highest BCUT2D eigenvalue weighted by Gasteiger charge is 2.05. The number of hydrogen-bond donors (Lipinski definition) is 3. The number of halogens is 1. The minimum atomic E-state index is -0.308. The molecular formula is C10H13IN2O2. The van der Waals surface area contributed by atoms with Gasteiger partial charge in [0.05, 0.1) is 12.6 Å². The van der Waals surface area contributed by atoms with Gasteiger partial charge in [0.25, 0.3) is 0 Å². The van der Waals surface area contributed by atoms with Crippen molar-refractivity contribution < 1.29 is 9.90 Å². The average molecular weight is 320 g/mol. The van der Waals surface area contributed by atoms with Crippen LogP contribution in [0, 0.1) is 3.57 Å². The minimum Gasteiger partial charge on any atom is -0.394 e. The molecule has 0 bridgehead atoms. The molecule has 4 nitrogen and oxygen atoms in total. The molecule has 15 heavy (non-hydrogen) atoms. The van der Waals surface area contributed by atoms with Gasteiger partial charge in [0, 0.05) is 9.26 Å². The Morgan fingerprint density at radius 2 is 2.07 bits per heavy atom. The molecule has 0 unspecified atom stereocenters. The lowest BCUT2D eigenvalue weighted by atomic mass is 10.3. The normalized spacial score (nSPS) is 11.9. The van der Waals surface area contributed by atoms with Gasteiger partial charge in [-0.2, -0.15) is 0 Å². The number of aliphatic hydroxyl groups excluding tert-OH is 1. The molecule has 0 aliphatic heterocycles. The lowest BCUT2D eigenvalue weighted by Gasteiger charge is -2.11. The van der Waals surface area contributed by atoms with E-state index in [1.165, 1.54) is 0 Å². The maximum absolute atomic E-state index is 11.3. The zero-order valence-electron chi connectivity index (χ0n) is 8.33. The van der Waals surface area contributed by atoms with Gasteiger partial charge >= 0.3 is 6.03 Å². The number of nitrogens with one attached hydrogen (secondary N) is 2. The van der Waals surface area contributed by atoms with Crippen molar-refractivity contribution in [2.75, 3.05) is 11.9 Å². The smallest absolute Gasteiger partial charge is 0.319 e. The molecule has 5 heteroatoms. The van der Waals surface area contributed by atoms with Gasteiger partial charge in [-0.1, -0.05) is 0 Å². The fourth-order valence-electron chi connectivity index (χ4n) is 0.970. The fourth-order valence-corrected chi connectivity index (χ4v) is 1.33. The van der Waals surface area contributed by atoms with E-state index in [1.807, 2.05) is 24.3 Å². The van der Waals surface area contributed by atoms with Crippen LogP contribution in [-0.4, -0.2) is 23.8 Å². The number of carbonyl (C=O) groups is 1. The van der Waals surface area contributed by atoms with Crippen LogP contribution in [-0.2, 0) is 0 Å². The molecule has 1 aromatic rings. The highest BCUT2D eigenvalue weighted by Crippen LogP contribution is 2.10. The van der Waals surface area contributed by atoms with Crippen LogP contribution in [0.2, 0.25) is 0 Å². The Labute approximate surface area is 102 Å². The summed E-state index contributed by atoms with van der Waals surface area (Å²) in [6, 6.07) is 6.92. The van der Waals surface area contributed by atoms with Crippen LogP contribution in [0.25, 0.3) is 0 Å². The van der Waals surface area contributed by atoms with Crippen LogP contribution < -0.4 is 10.6 Å². The predicted molar refractivity (Wildman–Crippen MR) is 67.9 cm³/mol. The van der Waals surface area contributed by atoms with Crippen LogP contribution in [0.5, 0.6) is 0 Å². The Hall–Kier alpha value is -0.820. The first-order valence-electron chi connectivity index (χ1n) is 4.55. The Balaban J connectivity index is 2.48. The predicted octanol–water partition coefficient (Wildman–Crippen LogP) is 1.79. The Morgan fingerprint density at radius 3 is 2.60 bits per heavy atom. The molecule has 0 heterocycles. The summed E-state index contributed by atoms with van der Waals surface area (Å²) in [5, 5.41) is 14.0. The van der Waals surface area contributed by atoms with Crippen LogP contribution in [0.15, 0.2) is 24.3 Å². The Kier molecular flexibility index (Phi) is 4.83. The van der Waals surface area contributed by atoms with Gasteiger partial charge in [-0.3, -0.25) is 0 Å². The molecule has 3 N–H and O–H groups in total. The maximum atomic E-state index is 11.3. The van der Waals surface area contributed by atoms with Gasteiger partial charge in [-0.15, -0.1) is 0 Å². The van der Waals surface area contributed by atoms with E-state index in [9.17, 15) is 4.79 Å². The monoisotopic (exact) mass is 320 g/mol. The average Bonchev–Trinajstić information content (AvgIpc) is 2.21. The van der Waals surface area contributed by atoms with Crippen molar-refractivity contribution >= 4 is 34.3 Å². The summed E-state index contributed by atoms with van der Waals surface area (Å²) in [5.41, 5.74) is 0.734. The van der Waals surface area contributed by atoms with E-state index in [0.29, 0.717) is 0 Å². The molecule has 0 saturated carbocycles. The molecule has 0 aliphatic carbocycles. The highest BCUT2D eigenvalue weighted by atomic mass is 127. The van der Waals surface area contributed by atoms with E-state index in [1.54, 1.807) is 6.92 Å². The van der Waals surface area contributed by atoms with E-state index < -0.39 is 0 Å². The molecule has 82 valence electrons. The number of hydrogen-bond acceptors (Lipinski definition) is 2. The Bertz CT molecular complexity index is 327. The third kappa shape index (κ3) is 4.48. The summed E-state index contributed by atoms with van der Waals surface area (Å²) in [7, 11) is 0. The van der Waals surface area contributed by atoms with Crippen molar-refractivity contribution in [1.29, 1.82) is 0 Å². The number of benzene rings is 1. The molecule has 1 atom stereocenters. The van der Waals surface area contributed by atoms with Gasteiger partial charge in [0.2, 0.25) is 0 Å². The van der Waals surface area contributed by atoms with Crippen molar-refractivity contribution in [2.45, 2.75) is 13.0 Å². The maximum Gasteiger partial charge on any atom is 0.319 e. The standard InChI is InChI=1S/C10H13IN2O2/c1-7(6-14)12-10(15)13-9-4-2-8(11)3-5-9/h2-5,7,14H,6H2,1H3,(H2,12,13,15)/t7-/m1/s1. The highest BCUT2D eigenvalue weighted by molar-refractivity contribution is 14.1. The van der Waals surface area contributed by atoms with Crippen LogP contribution in [0.3, 0.4) is 0 Å². The Morgan fingerprint density at radius 1 is 1.47 bits per heavy atom. The summed E-state index contributed by atoms with van der Waals surface area (Å²) in [4.78, 5) is 11.3. The summed E-state index contributed by atoms with van der Waals surface area (Å²) in [6.07, 6.45) is 0. The zero-order chi connectivity index (χ0) is 11.3. The molecular weight excluding hydrogens is 307 g/mol. The number of rotatable bonds is 3. The van der Waals surface area contributed by atoms with Crippen molar-refractivity contribution in [1.82, 2.24) is 5.32 Å². The molecule has 0 spiro atoms. The van der Waals surface area contributed by atoms with Gasteiger partial charge in [0.1, 0.15) is 0 Å². The first-order chi connectivity index (χ1) is 7.11. The number of aliphatic hydroxyl groups is 1. The van der Waals surface area contributed by atoms with Crippen LogP contribution >= 0.6 is 22.6 Å². The second kappa shape index (κ2) is 5.92. The summed E-state index contributed by atoms with van der Waals surface area (Å²) < 4.78 is 1.11. The van der Waals surface area contributed by atoms with E-state index in [2.05, 4.69) is 33.2 Å². The molecule has 0 radical (unpaired) electrons. The van der Waals surface area contributed by atoms with Gasteiger partial charge in [0.15, 0.2) is 0 Å². The lowest BCUT2D eigenvalue weighted by molar-refractivity contribution is 0.229. The number of anilines is 1. The molecule has 1 rings (SSSR count). The van der Waals surface area contributed by atoms with Gasteiger partial charge in [-0.05, 0) is 53.8 Å². The first kappa shape index (κ1) is 12.3. The van der Waals surface area contributed by atoms with E-state index in [4.69, 9.17) is 5.11 Å². The molecule has 1 aromatic carbocycles. The van der Waals surface area contributed by atoms with Gasteiger partial charge in [-0.25, -0.2) is 4.79 Å². The van der Waals surface area contributed by atoms with Crippen molar-refractivity contribution in [3.05, 3.63) is 27.8 Å². The number of carbonyl (C=O) groups excluding carboxylic acids is 1. The molecule has 0 aromatic heterocycles. The quantitative estimate of drug-likeness (QED) is 0.744. The first-order valence-corrected chi connectivity index (χ1v) is 5.63. The van der Waals surface area contributed by atoms with E-state index in [0.717, 1.165) is 9.26 Å². The topological polar surface area (TPSA) is 61.4 Å². The van der Waals surface area contributed by atoms with Crippen molar-refractivity contribution in [3.63, 3.8) is 0 Å². The van der Waals surface area contributed by atoms with Crippen LogP contribution in [0.1, 0.15) is 6.92 Å². The fraction of sp³-hybridized carbons (Fsp3) is 0.300. The van der Waals surface area contributed by atoms with E-state index in [-0.39, 0.29) is 18.7 Å². The molecule has 2 amide bonds. The van der Waals surface area contributed by atoms with Crippen molar-refractivity contribution in [3.8, 4) is 0 Å². The second-order valence-corrected chi connectivity index (χ2v) is 4.43. The number of urea groups is 1. The lowest BCUT2D eigenvalue weighted by Crippen LogP contribution is -2.38. The molecule has 0 saturated heterocycles. The summed E-state index contributed by atoms with van der Waals surface area (Å²) >= 11 is 2.19.